The highest BCUT2D eigenvalue weighted by Crippen LogP contribution is 2.40. The van der Waals surface area contributed by atoms with Crippen LogP contribution in [-0.2, 0) is 28.9 Å². The minimum absolute atomic E-state index is 0.0809. The molecule has 0 bridgehead atoms. The van der Waals surface area contributed by atoms with E-state index in [-0.39, 0.29) is 17.9 Å². The SMILES string of the molecule is COC(O)N1CCc2ccc3c(nc([C@@H]4CCC[C@@H](C(=O)O)C4)n3[C@@H](C)Cc3ccccc3Cl)c2C1. The first kappa shape index (κ1) is 25.2. The van der Waals surface area contributed by atoms with Crippen molar-refractivity contribution in [3.63, 3.8) is 0 Å². The minimum atomic E-state index is -0.955. The van der Waals surface area contributed by atoms with E-state index in [0.29, 0.717) is 19.5 Å². The standard InChI is InChI=1S/C28H34ClN3O4/c1-17(14-19-6-3-4-9-23(19)29)32-24-11-10-18-12-13-31(28(35)36-2)16-22(18)25(24)30-26(32)20-7-5-8-21(15-20)27(33)34/h3-4,6,9-11,17,20-21,28,35H,5,7-8,12-16H2,1-2H3,(H,33,34)/t17-,20+,21+,28?/m0/s1. The number of carboxylic acids is 1. The number of halogens is 1. The van der Waals surface area contributed by atoms with E-state index in [2.05, 4.69) is 29.7 Å². The van der Waals surface area contributed by atoms with Gasteiger partial charge in [0.25, 0.3) is 0 Å². The van der Waals surface area contributed by atoms with Crippen LogP contribution in [0.1, 0.15) is 67.1 Å². The van der Waals surface area contributed by atoms with Gasteiger partial charge >= 0.3 is 5.97 Å². The van der Waals surface area contributed by atoms with E-state index in [1.54, 1.807) is 0 Å². The number of ether oxygens (including phenoxy) is 1. The number of imidazole rings is 1. The van der Waals surface area contributed by atoms with Gasteiger partial charge in [0.1, 0.15) is 5.82 Å². The molecule has 1 unspecified atom stereocenters. The Balaban J connectivity index is 1.60. The summed E-state index contributed by atoms with van der Waals surface area (Å²) in [6.45, 7) is 3.46. The first-order valence-corrected chi connectivity index (χ1v) is 13.2. The van der Waals surface area contributed by atoms with Gasteiger partial charge in [-0.05, 0) is 67.9 Å². The Morgan fingerprint density at radius 1 is 1.25 bits per heavy atom. The Bertz CT molecular complexity index is 1260. The lowest BCUT2D eigenvalue weighted by Crippen LogP contribution is -2.40. The summed E-state index contributed by atoms with van der Waals surface area (Å²) >= 11 is 6.51. The number of hydrogen-bond acceptors (Lipinski definition) is 5. The molecule has 0 radical (unpaired) electrons. The maximum absolute atomic E-state index is 11.8. The summed E-state index contributed by atoms with van der Waals surface area (Å²) in [6.07, 6.45) is 3.75. The number of nitrogens with zero attached hydrogens (tertiary/aromatic N) is 3. The molecule has 1 aliphatic carbocycles. The molecule has 1 aromatic heterocycles. The number of aliphatic carboxylic acids is 1. The highest BCUT2D eigenvalue weighted by Gasteiger charge is 2.33. The summed E-state index contributed by atoms with van der Waals surface area (Å²) in [5.74, 6) is -0.000588. The molecule has 4 atom stereocenters. The average Bonchev–Trinajstić information content (AvgIpc) is 3.29. The number of aromatic nitrogens is 2. The van der Waals surface area contributed by atoms with Crippen molar-refractivity contribution < 1.29 is 19.7 Å². The smallest absolute Gasteiger partial charge is 0.306 e. The van der Waals surface area contributed by atoms with Gasteiger partial charge in [-0.3, -0.25) is 9.69 Å². The molecule has 0 amide bonds. The third kappa shape index (κ3) is 4.77. The highest BCUT2D eigenvalue weighted by atomic mass is 35.5. The van der Waals surface area contributed by atoms with Gasteiger partial charge in [-0.15, -0.1) is 0 Å². The van der Waals surface area contributed by atoms with E-state index in [1.165, 1.54) is 12.7 Å². The van der Waals surface area contributed by atoms with E-state index in [9.17, 15) is 15.0 Å². The van der Waals surface area contributed by atoms with Crippen LogP contribution in [0.3, 0.4) is 0 Å². The van der Waals surface area contributed by atoms with Crippen molar-refractivity contribution in [1.29, 1.82) is 0 Å². The summed E-state index contributed by atoms with van der Waals surface area (Å²) in [6, 6.07) is 12.3. The Hall–Kier alpha value is -2.45. The molecule has 7 nitrogen and oxygen atoms in total. The molecule has 1 fully saturated rings. The second-order valence-corrected chi connectivity index (χ2v) is 10.6. The third-order valence-corrected chi connectivity index (χ3v) is 8.32. The van der Waals surface area contributed by atoms with Crippen LogP contribution in [0, 0.1) is 5.92 Å². The fraction of sp³-hybridized carbons (Fsp3) is 0.500. The molecule has 0 spiro atoms. The van der Waals surface area contributed by atoms with Crippen molar-refractivity contribution in [2.75, 3.05) is 13.7 Å². The van der Waals surface area contributed by atoms with Crippen LogP contribution in [0.15, 0.2) is 36.4 Å². The molecule has 2 heterocycles. The lowest BCUT2D eigenvalue weighted by atomic mass is 9.81. The number of carboxylic acid groups (broad SMARTS) is 1. The van der Waals surface area contributed by atoms with Crippen molar-refractivity contribution in [2.45, 2.75) is 70.4 Å². The first-order valence-electron chi connectivity index (χ1n) is 12.8. The predicted molar refractivity (Wildman–Crippen MR) is 139 cm³/mol. The molecule has 1 aliphatic heterocycles. The number of benzene rings is 2. The number of aliphatic hydroxyl groups excluding tert-OH is 1. The van der Waals surface area contributed by atoms with Gasteiger partial charge in [0.05, 0.1) is 17.0 Å². The summed E-state index contributed by atoms with van der Waals surface area (Å²) in [4.78, 5) is 19.0. The van der Waals surface area contributed by atoms with E-state index in [0.717, 1.165) is 65.1 Å². The molecular weight excluding hydrogens is 478 g/mol. The van der Waals surface area contributed by atoms with E-state index in [1.807, 2.05) is 23.1 Å². The number of fused-ring (bicyclic) bond motifs is 3. The molecule has 2 N–H and O–H groups in total. The number of hydrogen-bond donors (Lipinski definition) is 2. The fourth-order valence-corrected chi connectivity index (χ4v) is 6.26. The second kappa shape index (κ2) is 10.5. The molecule has 192 valence electrons. The summed E-state index contributed by atoms with van der Waals surface area (Å²) in [7, 11) is 1.51. The van der Waals surface area contributed by atoms with Gasteiger partial charge in [0, 0.05) is 37.2 Å². The van der Waals surface area contributed by atoms with Crippen molar-refractivity contribution >= 4 is 28.6 Å². The summed E-state index contributed by atoms with van der Waals surface area (Å²) in [5.41, 5.74) is 5.43. The summed E-state index contributed by atoms with van der Waals surface area (Å²) < 4.78 is 7.50. The topological polar surface area (TPSA) is 87.8 Å². The number of carbonyl (C=O) groups is 1. The van der Waals surface area contributed by atoms with E-state index in [4.69, 9.17) is 21.3 Å². The van der Waals surface area contributed by atoms with E-state index < -0.39 is 12.4 Å². The molecule has 2 aliphatic rings. The van der Waals surface area contributed by atoms with Crippen molar-refractivity contribution in [3.8, 4) is 0 Å². The van der Waals surface area contributed by atoms with Crippen LogP contribution in [-0.4, -0.2) is 50.7 Å². The Kier molecular flexibility index (Phi) is 7.35. The van der Waals surface area contributed by atoms with Gasteiger partial charge < -0.3 is 19.5 Å². The molecule has 1 saturated carbocycles. The predicted octanol–water partition coefficient (Wildman–Crippen LogP) is 5.13. The fourth-order valence-electron chi connectivity index (χ4n) is 6.04. The summed E-state index contributed by atoms with van der Waals surface area (Å²) in [5, 5.41) is 20.8. The van der Waals surface area contributed by atoms with E-state index >= 15 is 0 Å². The minimum Gasteiger partial charge on any atom is -0.481 e. The van der Waals surface area contributed by atoms with Crippen LogP contribution in [0.4, 0.5) is 0 Å². The van der Waals surface area contributed by atoms with Gasteiger partial charge in [-0.2, -0.15) is 0 Å². The molecule has 2 aromatic carbocycles. The zero-order valence-corrected chi connectivity index (χ0v) is 21.6. The van der Waals surface area contributed by atoms with Gasteiger partial charge in [0.15, 0.2) is 0 Å². The third-order valence-electron chi connectivity index (χ3n) is 7.95. The largest absolute Gasteiger partial charge is 0.481 e. The van der Waals surface area contributed by atoms with Gasteiger partial charge in [0.2, 0.25) is 6.41 Å². The van der Waals surface area contributed by atoms with Crippen LogP contribution in [0.25, 0.3) is 11.0 Å². The molecule has 0 saturated heterocycles. The monoisotopic (exact) mass is 511 g/mol. The number of rotatable bonds is 7. The Morgan fingerprint density at radius 2 is 2.06 bits per heavy atom. The maximum Gasteiger partial charge on any atom is 0.306 e. The average molecular weight is 512 g/mol. The van der Waals surface area contributed by atoms with Crippen molar-refractivity contribution in [3.05, 3.63) is 63.9 Å². The second-order valence-electron chi connectivity index (χ2n) is 10.2. The van der Waals surface area contributed by atoms with Crippen molar-refractivity contribution in [1.82, 2.24) is 14.5 Å². The highest BCUT2D eigenvalue weighted by molar-refractivity contribution is 6.31. The lowest BCUT2D eigenvalue weighted by molar-refractivity contribution is -0.181. The van der Waals surface area contributed by atoms with Crippen molar-refractivity contribution in [2.24, 2.45) is 5.92 Å². The van der Waals surface area contributed by atoms with Gasteiger partial charge in [-0.1, -0.05) is 42.3 Å². The normalized spacial score (nSPS) is 22.3. The van der Waals surface area contributed by atoms with Crippen LogP contribution >= 0.6 is 11.6 Å². The van der Waals surface area contributed by atoms with Gasteiger partial charge in [-0.25, -0.2) is 4.98 Å². The van der Waals surface area contributed by atoms with Crippen LogP contribution in [0.2, 0.25) is 5.02 Å². The lowest BCUT2D eigenvalue weighted by Gasteiger charge is -2.31. The van der Waals surface area contributed by atoms with Crippen LogP contribution < -0.4 is 0 Å². The molecule has 3 aromatic rings. The quantitative estimate of drug-likeness (QED) is 0.427. The first-order chi connectivity index (χ1) is 17.4. The Labute approximate surface area is 216 Å². The van der Waals surface area contributed by atoms with Crippen LogP contribution in [0.5, 0.6) is 0 Å². The number of aliphatic hydroxyl groups is 1. The number of methoxy groups -OCH3 is 1. The molecule has 8 heteroatoms. The Morgan fingerprint density at radius 3 is 2.81 bits per heavy atom. The molecular formula is C28H34ClN3O4. The zero-order valence-electron chi connectivity index (χ0n) is 20.9. The maximum atomic E-state index is 11.8. The zero-order chi connectivity index (χ0) is 25.4. The molecule has 5 rings (SSSR count). The molecule has 36 heavy (non-hydrogen) atoms.